The second kappa shape index (κ2) is 4.00. The summed E-state index contributed by atoms with van der Waals surface area (Å²) in [5, 5.41) is 8.45. The van der Waals surface area contributed by atoms with Gasteiger partial charge in [-0.05, 0) is 11.3 Å². The van der Waals surface area contributed by atoms with Gasteiger partial charge in [-0.1, -0.05) is 20.8 Å². The maximum atomic E-state index is 11.6. The number of likely N-dealkylation sites (tertiary alicyclic amines) is 1. The molecule has 3 heteroatoms. The molecule has 0 N–H and O–H groups in total. The number of nitrogens with zero attached hydrogens (tertiary/aromatic N) is 2. The highest BCUT2D eigenvalue weighted by Crippen LogP contribution is 2.34. The van der Waals surface area contributed by atoms with Crippen LogP contribution in [0.4, 0.5) is 0 Å². The predicted molar refractivity (Wildman–Crippen MR) is 54.4 cm³/mol. The van der Waals surface area contributed by atoms with Gasteiger partial charge in [0.25, 0.3) is 0 Å². The Labute approximate surface area is 85.7 Å². The highest BCUT2D eigenvalue weighted by molar-refractivity contribution is 5.78. The van der Waals surface area contributed by atoms with Crippen LogP contribution in [0.3, 0.4) is 0 Å². The lowest BCUT2D eigenvalue weighted by Gasteiger charge is -2.26. The summed E-state index contributed by atoms with van der Waals surface area (Å²) in [5.74, 6) is 0.647. The van der Waals surface area contributed by atoms with E-state index in [1.165, 1.54) is 0 Å². The average molecular weight is 194 g/mol. The van der Waals surface area contributed by atoms with Crippen LogP contribution in [0.25, 0.3) is 0 Å². The molecule has 1 unspecified atom stereocenters. The molecule has 1 fully saturated rings. The van der Waals surface area contributed by atoms with Gasteiger partial charge >= 0.3 is 0 Å². The summed E-state index contributed by atoms with van der Waals surface area (Å²) in [6.45, 7) is 7.92. The normalized spacial score (nSPS) is 22.6. The Morgan fingerprint density at radius 2 is 2.21 bits per heavy atom. The fourth-order valence-electron chi connectivity index (χ4n) is 1.75. The molecule has 1 heterocycles. The first-order valence-corrected chi connectivity index (χ1v) is 5.10. The minimum absolute atomic E-state index is 0.192. The Kier molecular flexibility index (Phi) is 3.15. The van der Waals surface area contributed by atoms with Gasteiger partial charge in [-0.25, -0.2) is 0 Å². The number of amides is 1. The van der Waals surface area contributed by atoms with E-state index in [1.807, 2.05) is 4.90 Å². The van der Waals surface area contributed by atoms with Crippen LogP contribution in [0.1, 0.15) is 33.6 Å². The molecule has 14 heavy (non-hydrogen) atoms. The molecular formula is C11H18N2O. The number of hydrogen-bond donors (Lipinski definition) is 0. The molecule has 0 aromatic rings. The van der Waals surface area contributed by atoms with Crippen LogP contribution in [0.5, 0.6) is 0 Å². The Hall–Kier alpha value is -1.04. The van der Waals surface area contributed by atoms with Crippen molar-refractivity contribution in [3.63, 3.8) is 0 Å². The molecule has 1 saturated heterocycles. The first-order chi connectivity index (χ1) is 6.45. The van der Waals surface area contributed by atoms with Gasteiger partial charge in [0.15, 0.2) is 0 Å². The van der Waals surface area contributed by atoms with E-state index in [0.29, 0.717) is 25.3 Å². The van der Waals surface area contributed by atoms with E-state index in [0.717, 1.165) is 6.54 Å². The van der Waals surface area contributed by atoms with E-state index in [2.05, 4.69) is 26.8 Å². The van der Waals surface area contributed by atoms with Gasteiger partial charge in [0.05, 0.1) is 12.5 Å². The highest BCUT2D eigenvalue weighted by atomic mass is 16.2. The largest absolute Gasteiger partial charge is 0.341 e. The van der Waals surface area contributed by atoms with Gasteiger partial charge in [0.1, 0.15) is 0 Å². The first kappa shape index (κ1) is 11.0. The summed E-state index contributed by atoms with van der Waals surface area (Å²) in [5.41, 5.74) is 0.192. The maximum Gasteiger partial charge on any atom is 0.222 e. The summed E-state index contributed by atoms with van der Waals surface area (Å²) in [6, 6.07) is 2.07. The molecule has 0 bridgehead atoms. The zero-order chi connectivity index (χ0) is 10.8. The highest BCUT2D eigenvalue weighted by Gasteiger charge is 2.36. The Bertz CT molecular complexity index is 259. The lowest BCUT2D eigenvalue weighted by molar-refractivity contribution is -0.127. The van der Waals surface area contributed by atoms with Crippen molar-refractivity contribution in [2.75, 3.05) is 13.1 Å². The van der Waals surface area contributed by atoms with Crippen molar-refractivity contribution in [1.29, 1.82) is 5.26 Å². The van der Waals surface area contributed by atoms with E-state index >= 15 is 0 Å². The lowest BCUT2D eigenvalue weighted by atomic mass is 9.80. The molecule has 0 aliphatic carbocycles. The van der Waals surface area contributed by atoms with Gasteiger partial charge in [-0.2, -0.15) is 5.26 Å². The monoisotopic (exact) mass is 194 g/mol. The molecular weight excluding hydrogens is 176 g/mol. The summed E-state index contributed by atoms with van der Waals surface area (Å²) in [7, 11) is 0. The zero-order valence-electron chi connectivity index (χ0n) is 9.21. The van der Waals surface area contributed by atoms with Crippen LogP contribution in [0, 0.1) is 22.7 Å². The summed E-state index contributed by atoms with van der Waals surface area (Å²) in [4.78, 5) is 13.4. The SMILES string of the molecule is CC(C)(C)C1CC(=O)N(CCC#N)C1. The number of carbonyl (C=O) groups is 1. The van der Waals surface area contributed by atoms with Gasteiger partial charge in [-0.3, -0.25) is 4.79 Å². The van der Waals surface area contributed by atoms with Gasteiger partial charge < -0.3 is 4.90 Å². The van der Waals surface area contributed by atoms with Crippen LogP contribution in [0.2, 0.25) is 0 Å². The summed E-state index contributed by atoms with van der Waals surface area (Å²) in [6.07, 6.45) is 1.09. The molecule has 0 saturated carbocycles. The quantitative estimate of drug-likeness (QED) is 0.672. The van der Waals surface area contributed by atoms with Crippen molar-refractivity contribution in [3.8, 4) is 6.07 Å². The number of hydrogen-bond acceptors (Lipinski definition) is 2. The van der Waals surface area contributed by atoms with Crippen LogP contribution in [-0.2, 0) is 4.79 Å². The molecule has 3 nitrogen and oxygen atoms in total. The van der Waals surface area contributed by atoms with Gasteiger partial charge in [0, 0.05) is 19.5 Å². The molecule has 78 valence electrons. The van der Waals surface area contributed by atoms with Crippen LogP contribution < -0.4 is 0 Å². The third-order valence-corrected chi connectivity index (χ3v) is 2.93. The van der Waals surface area contributed by atoms with E-state index in [4.69, 9.17) is 5.26 Å². The number of nitriles is 1. The first-order valence-electron chi connectivity index (χ1n) is 5.10. The third-order valence-electron chi connectivity index (χ3n) is 2.93. The topological polar surface area (TPSA) is 44.1 Å². The molecule has 1 aliphatic rings. The van der Waals surface area contributed by atoms with E-state index in [1.54, 1.807) is 0 Å². The van der Waals surface area contributed by atoms with Crippen molar-refractivity contribution in [3.05, 3.63) is 0 Å². The molecule has 0 aromatic carbocycles. The second-order valence-electron chi connectivity index (χ2n) is 5.01. The maximum absolute atomic E-state index is 11.6. The number of rotatable bonds is 2. The Morgan fingerprint density at radius 3 is 2.64 bits per heavy atom. The lowest BCUT2D eigenvalue weighted by Crippen LogP contribution is -2.28. The fourth-order valence-corrected chi connectivity index (χ4v) is 1.75. The van der Waals surface area contributed by atoms with E-state index in [-0.39, 0.29) is 11.3 Å². The predicted octanol–water partition coefficient (Wildman–Crippen LogP) is 1.79. The van der Waals surface area contributed by atoms with Crippen LogP contribution in [0.15, 0.2) is 0 Å². The van der Waals surface area contributed by atoms with Crippen molar-refractivity contribution in [1.82, 2.24) is 4.90 Å². The minimum Gasteiger partial charge on any atom is -0.341 e. The average Bonchev–Trinajstić information content (AvgIpc) is 2.43. The van der Waals surface area contributed by atoms with E-state index in [9.17, 15) is 4.79 Å². The molecule has 1 aliphatic heterocycles. The van der Waals surface area contributed by atoms with Gasteiger partial charge in [0.2, 0.25) is 5.91 Å². The fraction of sp³-hybridized carbons (Fsp3) is 0.818. The smallest absolute Gasteiger partial charge is 0.222 e. The minimum atomic E-state index is 0.192. The zero-order valence-corrected chi connectivity index (χ0v) is 9.21. The van der Waals surface area contributed by atoms with Crippen molar-refractivity contribution < 1.29 is 4.79 Å². The van der Waals surface area contributed by atoms with Crippen molar-refractivity contribution in [2.45, 2.75) is 33.6 Å². The number of carbonyl (C=O) groups excluding carboxylic acids is 1. The molecule has 0 radical (unpaired) electrons. The van der Waals surface area contributed by atoms with E-state index < -0.39 is 0 Å². The molecule has 1 atom stereocenters. The van der Waals surface area contributed by atoms with Crippen LogP contribution in [-0.4, -0.2) is 23.9 Å². The summed E-state index contributed by atoms with van der Waals surface area (Å²) >= 11 is 0. The molecule has 0 spiro atoms. The van der Waals surface area contributed by atoms with Crippen LogP contribution >= 0.6 is 0 Å². The van der Waals surface area contributed by atoms with Crippen molar-refractivity contribution >= 4 is 5.91 Å². The van der Waals surface area contributed by atoms with Crippen molar-refractivity contribution in [2.24, 2.45) is 11.3 Å². The molecule has 0 aromatic heterocycles. The third kappa shape index (κ3) is 2.47. The Balaban J connectivity index is 2.53. The second-order valence-corrected chi connectivity index (χ2v) is 5.01. The summed E-state index contributed by atoms with van der Waals surface area (Å²) < 4.78 is 0. The Morgan fingerprint density at radius 1 is 1.57 bits per heavy atom. The standard InChI is InChI=1S/C11H18N2O/c1-11(2,3)9-7-10(14)13(8-9)6-4-5-12/h9H,4,6-8H2,1-3H3. The molecule has 1 rings (SSSR count). The van der Waals surface area contributed by atoms with Gasteiger partial charge in [-0.15, -0.1) is 0 Å². The molecule has 1 amide bonds.